The zero-order valence-corrected chi connectivity index (χ0v) is 12.9. The van der Waals surface area contributed by atoms with Gasteiger partial charge in [0.15, 0.2) is 0 Å². The van der Waals surface area contributed by atoms with Gasteiger partial charge < -0.3 is 11.1 Å². The SMILES string of the molecule is N#Cc1cc([N+](=O)[O-])ccc1NC1CCC2NNC(C(N)=O)C2C1. The van der Waals surface area contributed by atoms with Crippen LogP contribution in [0.2, 0.25) is 0 Å². The summed E-state index contributed by atoms with van der Waals surface area (Å²) in [6, 6.07) is 6.04. The van der Waals surface area contributed by atoms with Crippen molar-refractivity contribution in [2.75, 3.05) is 5.32 Å². The van der Waals surface area contributed by atoms with Gasteiger partial charge in [0.2, 0.25) is 5.91 Å². The molecule has 4 atom stereocenters. The topological polar surface area (TPSA) is 146 Å². The van der Waals surface area contributed by atoms with Crippen LogP contribution < -0.4 is 21.9 Å². The molecule has 0 bridgehead atoms. The molecule has 1 saturated heterocycles. The van der Waals surface area contributed by atoms with Crippen LogP contribution in [0.15, 0.2) is 18.2 Å². The van der Waals surface area contributed by atoms with Crippen molar-refractivity contribution in [3.05, 3.63) is 33.9 Å². The average molecular weight is 330 g/mol. The number of nitrogens with zero attached hydrogens (tertiary/aromatic N) is 2. The van der Waals surface area contributed by atoms with Crippen molar-refractivity contribution in [1.82, 2.24) is 10.9 Å². The van der Waals surface area contributed by atoms with E-state index in [4.69, 9.17) is 5.73 Å². The molecule has 2 aliphatic rings. The highest BCUT2D eigenvalue weighted by Gasteiger charge is 2.42. The molecule has 4 unspecified atom stereocenters. The highest BCUT2D eigenvalue weighted by molar-refractivity contribution is 5.80. The lowest BCUT2D eigenvalue weighted by molar-refractivity contribution is -0.384. The number of nitro benzene ring substituents is 1. The number of benzene rings is 1. The predicted octanol–water partition coefficient (Wildman–Crippen LogP) is 0.377. The molecule has 1 amide bonds. The molecule has 1 aromatic carbocycles. The number of anilines is 1. The maximum absolute atomic E-state index is 11.5. The van der Waals surface area contributed by atoms with E-state index in [0.717, 1.165) is 19.3 Å². The van der Waals surface area contributed by atoms with E-state index in [9.17, 15) is 20.2 Å². The quantitative estimate of drug-likeness (QED) is 0.461. The Bertz CT molecular complexity index is 716. The van der Waals surface area contributed by atoms with Crippen LogP contribution in [0.1, 0.15) is 24.8 Å². The Kier molecular flexibility index (Phi) is 4.33. The molecule has 0 spiro atoms. The van der Waals surface area contributed by atoms with E-state index in [-0.39, 0.29) is 35.2 Å². The Morgan fingerprint density at radius 1 is 1.42 bits per heavy atom. The van der Waals surface area contributed by atoms with E-state index in [0.29, 0.717) is 5.69 Å². The lowest BCUT2D eigenvalue weighted by atomic mass is 9.79. The van der Waals surface area contributed by atoms with Gasteiger partial charge in [-0.25, -0.2) is 5.43 Å². The molecule has 0 radical (unpaired) electrons. The maximum Gasteiger partial charge on any atom is 0.270 e. The van der Waals surface area contributed by atoms with Crippen LogP contribution in [-0.2, 0) is 4.79 Å². The molecule has 126 valence electrons. The summed E-state index contributed by atoms with van der Waals surface area (Å²) in [5, 5.41) is 23.3. The summed E-state index contributed by atoms with van der Waals surface area (Å²) < 4.78 is 0. The van der Waals surface area contributed by atoms with Gasteiger partial charge in [0.05, 0.1) is 16.2 Å². The van der Waals surface area contributed by atoms with Gasteiger partial charge in [0.25, 0.3) is 5.69 Å². The molecular weight excluding hydrogens is 312 g/mol. The van der Waals surface area contributed by atoms with Crippen molar-refractivity contribution in [3.8, 4) is 6.07 Å². The molecule has 1 saturated carbocycles. The van der Waals surface area contributed by atoms with Crippen LogP contribution >= 0.6 is 0 Å². The second kappa shape index (κ2) is 6.43. The lowest BCUT2D eigenvalue weighted by Crippen LogP contribution is -2.44. The second-order valence-electron chi connectivity index (χ2n) is 6.19. The predicted molar refractivity (Wildman–Crippen MR) is 85.6 cm³/mol. The molecule has 5 N–H and O–H groups in total. The Hall–Kier alpha value is -2.70. The maximum atomic E-state index is 11.5. The summed E-state index contributed by atoms with van der Waals surface area (Å²) in [6.07, 6.45) is 2.46. The largest absolute Gasteiger partial charge is 0.381 e. The average Bonchev–Trinajstić information content (AvgIpc) is 2.98. The first-order valence-corrected chi connectivity index (χ1v) is 7.75. The van der Waals surface area contributed by atoms with Gasteiger partial charge in [-0.2, -0.15) is 5.26 Å². The van der Waals surface area contributed by atoms with E-state index in [2.05, 4.69) is 16.2 Å². The normalized spacial score (nSPS) is 28.6. The minimum Gasteiger partial charge on any atom is -0.381 e. The van der Waals surface area contributed by atoms with E-state index in [1.807, 2.05) is 6.07 Å². The Morgan fingerprint density at radius 2 is 2.21 bits per heavy atom. The van der Waals surface area contributed by atoms with Crippen molar-refractivity contribution in [2.45, 2.75) is 37.4 Å². The number of primary amides is 1. The highest BCUT2D eigenvalue weighted by Crippen LogP contribution is 2.33. The lowest BCUT2D eigenvalue weighted by Gasteiger charge is -2.33. The van der Waals surface area contributed by atoms with Gasteiger partial charge in [-0.3, -0.25) is 20.3 Å². The fourth-order valence-electron chi connectivity index (χ4n) is 3.55. The summed E-state index contributed by atoms with van der Waals surface area (Å²) in [7, 11) is 0. The molecule has 2 fully saturated rings. The van der Waals surface area contributed by atoms with Gasteiger partial charge in [-0.1, -0.05) is 0 Å². The summed E-state index contributed by atoms with van der Waals surface area (Å²) in [4.78, 5) is 21.8. The Morgan fingerprint density at radius 3 is 2.88 bits per heavy atom. The number of nitrogens with two attached hydrogens (primary N) is 1. The molecule has 9 heteroatoms. The van der Waals surface area contributed by atoms with Gasteiger partial charge in [-0.15, -0.1) is 0 Å². The summed E-state index contributed by atoms with van der Waals surface area (Å²) in [6.45, 7) is 0. The number of carbonyl (C=O) groups is 1. The summed E-state index contributed by atoms with van der Waals surface area (Å²) >= 11 is 0. The standard InChI is InChI=1S/C15H18N6O3/c16-7-8-5-10(21(23)24)2-4-12(8)18-9-1-3-13-11(6-9)14(15(17)22)20-19-13/h2,4-5,9,11,13-14,18-20H,1,3,6H2,(H2,17,22). The molecule has 3 rings (SSSR count). The molecule has 1 aromatic rings. The Balaban J connectivity index is 1.74. The number of nitro groups is 1. The molecule has 0 aromatic heterocycles. The zero-order valence-electron chi connectivity index (χ0n) is 12.9. The molecule has 9 nitrogen and oxygen atoms in total. The van der Waals surface area contributed by atoms with Crippen LogP contribution in [0, 0.1) is 27.4 Å². The minimum absolute atomic E-state index is 0.0726. The first kappa shape index (κ1) is 16.2. The van der Waals surface area contributed by atoms with E-state index < -0.39 is 11.0 Å². The molecule has 24 heavy (non-hydrogen) atoms. The zero-order chi connectivity index (χ0) is 17.3. The Labute approximate surface area is 138 Å². The fourth-order valence-corrected chi connectivity index (χ4v) is 3.55. The molecule has 1 aliphatic heterocycles. The molecule has 1 heterocycles. The molecular formula is C15H18N6O3. The van der Waals surface area contributed by atoms with Crippen molar-refractivity contribution >= 4 is 17.3 Å². The highest BCUT2D eigenvalue weighted by atomic mass is 16.6. The first-order valence-electron chi connectivity index (χ1n) is 7.75. The molecule has 1 aliphatic carbocycles. The number of rotatable bonds is 4. The number of hydrogen-bond donors (Lipinski definition) is 4. The first-order chi connectivity index (χ1) is 11.5. The van der Waals surface area contributed by atoms with Crippen LogP contribution in [0.4, 0.5) is 11.4 Å². The number of nitrogens with one attached hydrogen (secondary N) is 3. The van der Waals surface area contributed by atoms with Crippen molar-refractivity contribution in [2.24, 2.45) is 11.7 Å². The number of amides is 1. The number of fused-ring (bicyclic) bond motifs is 1. The van der Waals surface area contributed by atoms with Gasteiger partial charge in [-0.05, 0) is 25.3 Å². The van der Waals surface area contributed by atoms with E-state index >= 15 is 0 Å². The second-order valence-corrected chi connectivity index (χ2v) is 6.19. The monoisotopic (exact) mass is 330 g/mol. The van der Waals surface area contributed by atoms with Crippen molar-refractivity contribution < 1.29 is 9.72 Å². The number of non-ortho nitro benzene ring substituents is 1. The number of hydrazine groups is 1. The van der Waals surface area contributed by atoms with Gasteiger partial charge >= 0.3 is 0 Å². The minimum atomic E-state index is -0.525. The third-order valence-electron chi connectivity index (χ3n) is 4.75. The van der Waals surface area contributed by atoms with E-state index in [1.165, 1.54) is 12.1 Å². The number of hydrogen-bond acceptors (Lipinski definition) is 7. The fraction of sp³-hybridized carbons (Fsp3) is 0.467. The smallest absolute Gasteiger partial charge is 0.270 e. The summed E-state index contributed by atoms with van der Waals surface area (Å²) in [5.41, 5.74) is 12.2. The van der Waals surface area contributed by atoms with Gasteiger partial charge in [0, 0.05) is 30.1 Å². The van der Waals surface area contributed by atoms with Crippen molar-refractivity contribution in [3.63, 3.8) is 0 Å². The number of nitriles is 1. The summed E-state index contributed by atoms with van der Waals surface area (Å²) in [5.74, 6) is -0.305. The van der Waals surface area contributed by atoms with Crippen molar-refractivity contribution in [1.29, 1.82) is 5.26 Å². The van der Waals surface area contributed by atoms with E-state index in [1.54, 1.807) is 6.07 Å². The van der Waals surface area contributed by atoms with Crippen LogP contribution in [0.25, 0.3) is 0 Å². The third-order valence-corrected chi connectivity index (χ3v) is 4.75. The van der Waals surface area contributed by atoms with Crippen LogP contribution in [0.3, 0.4) is 0 Å². The van der Waals surface area contributed by atoms with Crippen LogP contribution in [-0.4, -0.2) is 29.0 Å². The van der Waals surface area contributed by atoms with Gasteiger partial charge in [0.1, 0.15) is 12.1 Å². The third kappa shape index (κ3) is 3.02. The number of carbonyl (C=O) groups excluding carboxylic acids is 1. The van der Waals surface area contributed by atoms with Crippen LogP contribution in [0.5, 0.6) is 0 Å².